The Morgan fingerprint density at radius 1 is 1.56 bits per heavy atom. The van der Waals surface area contributed by atoms with Gasteiger partial charge >= 0.3 is 0 Å². The first-order valence-electron chi connectivity index (χ1n) is 3.92. The molecule has 0 saturated heterocycles. The largest absolute Gasteiger partial charge is 0.393 e. The maximum atomic E-state index is 8.98. The maximum Gasteiger partial charge on any atom is 0.0514 e. The molecule has 1 aliphatic carbocycles. The zero-order valence-electron chi connectivity index (χ0n) is 6.30. The molecule has 1 rings (SSSR count). The Bertz CT molecular complexity index is 88.6. The minimum absolute atomic E-state index is 0.0773. The molecule has 0 amide bonds. The van der Waals surface area contributed by atoms with E-state index in [0.29, 0.717) is 0 Å². The average Bonchev–Trinajstić information content (AvgIpc) is 2.45. The van der Waals surface area contributed by atoms with Gasteiger partial charge in [-0.3, -0.25) is 0 Å². The second-order valence-corrected chi connectivity index (χ2v) is 3.25. The van der Waals surface area contributed by atoms with Crippen LogP contribution in [-0.4, -0.2) is 11.2 Å². The van der Waals surface area contributed by atoms with Gasteiger partial charge in [0.05, 0.1) is 6.10 Å². The first-order valence-corrected chi connectivity index (χ1v) is 3.92. The Kier molecular flexibility index (Phi) is 2.12. The molecule has 0 heterocycles. The van der Waals surface area contributed by atoms with E-state index in [0.717, 1.165) is 18.3 Å². The summed E-state index contributed by atoms with van der Waals surface area (Å²) >= 11 is 0. The molecule has 3 atom stereocenters. The van der Waals surface area contributed by atoms with Crippen LogP contribution in [0.5, 0.6) is 0 Å². The van der Waals surface area contributed by atoms with Gasteiger partial charge in [0, 0.05) is 0 Å². The van der Waals surface area contributed by atoms with E-state index in [2.05, 4.69) is 6.92 Å². The van der Waals surface area contributed by atoms with Crippen LogP contribution in [-0.2, 0) is 0 Å². The van der Waals surface area contributed by atoms with E-state index in [-0.39, 0.29) is 6.10 Å². The smallest absolute Gasteiger partial charge is 0.0514 e. The molecule has 1 N–H and O–H groups in total. The van der Waals surface area contributed by atoms with E-state index in [1.54, 1.807) is 0 Å². The molecule has 1 aliphatic rings. The highest BCUT2D eigenvalue weighted by atomic mass is 16.3. The van der Waals surface area contributed by atoms with Gasteiger partial charge in [-0.15, -0.1) is 0 Å². The molecule has 1 saturated carbocycles. The standard InChI is InChI=1S/C8H16O/c1-3-7-5-8(7)4-6(2)9/h6-9H,3-5H2,1-2H3/t6-,7-,8+/m1/s1. The van der Waals surface area contributed by atoms with Crippen molar-refractivity contribution in [2.45, 2.75) is 39.2 Å². The van der Waals surface area contributed by atoms with Gasteiger partial charge in [0.25, 0.3) is 0 Å². The fraction of sp³-hybridized carbons (Fsp3) is 1.00. The van der Waals surface area contributed by atoms with Gasteiger partial charge < -0.3 is 5.11 Å². The van der Waals surface area contributed by atoms with E-state index in [4.69, 9.17) is 5.11 Å². The van der Waals surface area contributed by atoms with Crippen molar-refractivity contribution >= 4 is 0 Å². The number of hydrogen-bond donors (Lipinski definition) is 1. The lowest BCUT2D eigenvalue weighted by molar-refractivity contribution is 0.175. The lowest BCUT2D eigenvalue weighted by Gasteiger charge is -2.00. The third kappa shape index (κ3) is 1.98. The Balaban J connectivity index is 2.05. The van der Waals surface area contributed by atoms with Gasteiger partial charge in [-0.25, -0.2) is 0 Å². The number of rotatable bonds is 3. The Morgan fingerprint density at radius 3 is 2.56 bits per heavy atom. The summed E-state index contributed by atoms with van der Waals surface area (Å²) in [5.41, 5.74) is 0. The quantitative estimate of drug-likeness (QED) is 0.614. The highest BCUT2D eigenvalue weighted by molar-refractivity contribution is 4.85. The molecule has 1 fully saturated rings. The molecule has 0 radical (unpaired) electrons. The Hall–Kier alpha value is -0.0400. The number of hydrogen-bond acceptors (Lipinski definition) is 1. The fourth-order valence-electron chi connectivity index (χ4n) is 1.54. The van der Waals surface area contributed by atoms with E-state index in [1.807, 2.05) is 6.92 Å². The van der Waals surface area contributed by atoms with Crippen molar-refractivity contribution in [3.8, 4) is 0 Å². The minimum atomic E-state index is -0.0773. The van der Waals surface area contributed by atoms with Crippen molar-refractivity contribution in [3.63, 3.8) is 0 Å². The summed E-state index contributed by atoms with van der Waals surface area (Å²) in [6.45, 7) is 4.11. The SMILES string of the molecule is CC[C@@H]1C[C@@H]1C[C@@H](C)O. The van der Waals surface area contributed by atoms with Crippen molar-refractivity contribution in [1.82, 2.24) is 0 Å². The van der Waals surface area contributed by atoms with E-state index >= 15 is 0 Å². The summed E-state index contributed by atoms with van der Waals surface area (Å²) in [6.07, 6.45) is 3.61. The summed E-state index contributed by atoms with van der Waals surface area (Å²) in [7, 11) is 0. The van der Waals surface area contributed by atoms with Gasteiger partial charge in [0.15, 0.2) is 0 Å². The summed E-state index contributed by atoms with van der Waals surface area (Å²) in [6, 6.07) is 0. The molecular formula is C8H16O. The Morgan fingerprint density at radius 2 is 2.22 bits per heavy atom. The van der Waals surface area contributed by atoms with Crippen molar-refractivity contribution < 1.29 is 5.11 Å². The molecule has 0 bridgehead atoms. The van der Waals surface area contributed by atoms with Crippen molar-refractivity contribution in [2.75, 3.05) is 0 Å². The zero-order chi connectivity index (χ0) is 6.85. The lowest BCUT2D eigenvalue weighted by atomic mass is 10.1. The topological polar surface area (TPSA) is 20.2 Å². The molecule has 0 unspecified atom stereocenters. The van der Waals surface area contributed by atoms with Crippen LogP contribution < -0.4 is 0 Å². The summed E-state index contributed by atoms with van der Waals surface area (Å²) < 4.78 is 0. The molecule has 0 spiro atoms. The van der Waals surface area contributed by atoms with Crippen LogP contribution in [0, 0.1) is 11.8 Å². The van der Waals surface area contributed by atoms with Crippen LogP contribution >= 0.6 is 0 Å². The fourth-order valence-corrected chi connectivity index (χ4v) is 1.54. The molecule has 9 heavy (non-hydrogen) atoms. The minimum Gasteiger partial charge on any atom is -0.393 e. The van der Waals surface area contributed by atoms with Gasteiger partial charge in [-0.2, -0.15) is 0 Å². The van der Waals surface area contributed by atoms with E-state index < -0.39 is 0 Å². The van der Waals surface area contributed by atoms with E-state index in [9.17, 15) is 0 Å². The van der Waals surface area contributed by atoms with Gasteiger partial charge in [-0.1, -0.05) is 13.3 Å². The van der Waals surface area contributed by atoms with Crippen LogP contribution in [0.4, 0.5) is 0 Å². The molecule has 54 valence electrons. The molecule has 1 nitrogen and oxygen atoms in total. The first kappa shape index (κ1) is 7.07. The predicted octanol–water partition coefficient (Wildman–Crippen LogP) is 1.80. The third-order valence-electron chi connectivity index (χ3n) is 2.24. The van der Waals surface area contributed by atoms with Crippen LogP contribution in [0.1, 0.15) is 33.1 Å². The molecule has 0 aromatic carbocycles. The van der Waals surface area contributed by atoms with Crippen LogP contribution in [0.2, 0.25) is 0 Å². The lowest BCUT2D eigenvalue weighted by Crippen LogP contribution is -2.00. The van der Waals surface area contributed by atoms with Gasteiger partial charge in [-0.05, 0) is 31.6 Å². The second kappa shape index (κ2) is 2.70. The van der Waals surface area contributed by atoms with Crippen molar-refractivity contribution in [3.05, 3.63) is 0 Å². The third-order valence-corrected chi connectivity index (χ3v) is 2.24. The van der Waals surface area contributed by atoms with E-state index in [1.165, 1.54) is 12.8 Å². The molecule has 0 aromatic heterocycles. The van der Waals surface area contributed by atoms with Gasteiger partial charge in [0.1, 0.15) is 0 Å². The average molecular weight is 128 g/mol. The molecule has 0 aromatic rings. The summed E-state index contributed by atoms with van der Waals surface area (Å²) in [5.74, 6) is 1.80. The van der Waals surface area contributed by atoms with Crippen molar-refractivity contribution in [2.24, 2.45) is 11.8 Å². The van der Waals surface area contributed by atoms with Gasteiger partial charge in [0.2, 0.25) is 0 Å². The Labute approximate surface area is 57.1 Å². The molecule has 0 aliphatic heterocycles. The zero-order valence-corrected chi connectivity index (χ0v) is 6.30. The molecule has 1 heteroatoms. The summed E-state index contributed by atoms with van der Waals surface area (Å²) in [4.78, 5) is 0. The molecular weight excluding hydrogens is 112 g/mol. The highest BCUT2D eigenvalue weighted by Crippen LogP contribution is 2.43. The monoisotopic (exact) mass is 128 g/mol. The van der Waals surface area contributed by atoms with Crippen molar-refractivity contribution in [1.29, 1.82) is 0 Å². The second-order valence-electron chi connectivity index (χ2n) is 3.25. The maximum absolute atomic E-state index is 8.98. The van der Waals surface area contributed by atoms with Crippen LogP contribution in [0.3, 0.4) is 0 Å². The summed E-state index contributed by atoms with van der Waals surface area (Å²) in [5, 5.41) is 8.98. The first-order chi connectivity index (χ1) is 4.24. The van der Waals surface area contributed by atoms with Crippen LogP contribution in [0.25, 0.3) is 0 Å². The number of aliphatic hydroxyl groups is 1. The van der Waals surface area contributed by atoms with Crippen LogP contribution in [0.15, 0.2) is 0 Å². The number of aliphatic hydroxyl groups excluding tert-OH is 1. The predicted molar refractivity (Wildman–Crippen MR) is 38.2 cm³/mol. The normalized spacial score (nSPS) is 36.3. The highest BCUT2D eigenvalue weighted by Gasteiger charge is 2.35.